The third-order valence-electron chi connectivity index (χ3n) is 3.30. The molecule has 0 aliphatic rings. The lowest BCUT2D eigenvalue weighted by atomic mass is 10.2. The number of rotatable bonds is 3. The minimum absolute atomic E-state index is 0.0629. The number of anilines is 1. The Bertz CT molecular complexity index is 1020. The number of H-pyrrole nitrogens is 1. The van der Waals surface area contributed by atoms with Crippen LogP contribution in [0.3, 0.4) is 0 Å². The predicted molar refractivity (Wildman–Crippen MR) is 98.8 cm³/mol. The Hall–Kier alpha value is -3.04. The van der Waals surface area contributed by atoms with Crippen LogP contribution >= 0.6 is 23.8 Å². The van der Waals surface area contributed by atoms with Crippen molar-refractivity contribution in [3.05, 3.63) is 57.6 Å². The van der Waals surface area contributed by atoms with E-state index < -0.39 is 4.92 Å². The molecule has 0 aliphatic carbocycles. The molecule has 0 saturated carbocycles. The lowest BCUT2D eigenvalue weighted by molar-refractivity contribution is -0.384. The molecule has 1 heterocycles. The minimum atomic E-state index is -0.546. The average molecular weight is 376 g/mol. The highest BCUT2D eigenvalue weighted by Gasteiger charge is 2.12. The number of benzene rings is 2. The van der Waals surface area contributed by atoms with Crippen molar-refractivity contribution in [2.45, 2.75) is 0 Å². The Morgan fingerprint density at radius 1 is 1.32 bits per heavy atom. The van der Waals surface area contributed by atoms with E-state index in [1.165, 1.54) is 18.2 Å². The van der Waals surface area contributed by atoms with Crippen LogP contribution in [0.25, 0.3) is 10.9 Å². The third kappa shape index (κ3) is 3.57. The molecule has 0 amide bonds. The molecule has 3 aromatic rings. The average Bonchev–Trinajstić information content (AvgIpc) is 2.90. The Balaban J connectivity index is 1.83. The van der Waals surface area contributed by atoms with Gasteiger partial charge in [0.1, 0.15) is 0 Å². The minimum Gasteiger partial charge on any atom is -0.493 e. The summed E-state index contributed by atoms with van der Waals surface area (Å²) in [5.74, 6) is -0.138. The van der Waals surface area contributed by atoms with Crippen LogP contribution in [0.15, 0.2) is 52.7 Å². The molecule has 3 rings (SSSR count). The first-order chi connectivity index (χ1) is 12.0. The van der Waals surface area contributed by atoms with Gasteiger partial charge in [0.15, 0.2) is 5.69 Å². The number of nitro benzene ring substituents is 1. The van der Waals surface area contributed by atoms with Gasteiger partial charge in [-0.1, -0.05) is 29.8 Å². The fourth-order valence-electron chi connectivity index (χ4n) is 2.17. The van der Waals surface area contributed by atoms with Gasteiger partial charge in [0.05, 0.1) is 21.2 Å². The number of hydrogen-bond donors (Lipinski definition) is 3. The second-order valence-corrected chi connectivity index (χ2v) is 5.71. The highest BCUT2D eigenvalue weighted by atomic mass is 35.5. The lowest BCUT2D eigenvalue weighted by Gasteiger charge is -2.05. The molecule has 0 fully saturated rings. The van der Waals surface area contributed by atoms with Gasteiger partial charge in [0, 0.05) is 17.5 Å². The van der Waals surface area contributed by atoms with E-state index in [1.54, 1.807) is 18.2 Å². The maximum atomic E-state index is 10.8. The molecular formula is C15H10ClN5O3S. The molecule has 0 bridgehead atoms. The van der Waals surface area contributed by atoms with Crippen LogP contribution in [0.2, 0.25) is 5.02 Å². The maximum Gasteiger partial charge on any atom is 0.271 e. The summed E-state index contributed by atoms with van der Waals surface area (Å²) in [5.41, 5.74) is 1.04. The van der Waals surface area contributed by atoms with E-state index in [4.69, 9.17) is 23.8 Å². The van der Waals surface area contributed by atoms with Crippen LogP contribution in [0.1, 0.15) is 0 Å². The molecule has 0 atom stereocenters. The highest BCUT2D eigenvalue weighted by molar-refractivity contribution is 7.80. The molecule has 1 aromatic heterocycles. The molecule has 0 spiro atoms. The summed E-state index contributed by atoms with van der Waals surface area (Å²) < 4.78 is 0. The van der Waals surface area contributed by atoms with E-state index in [0.717, 1.165) is 0 Å². The zero-order chi connectivity index (χ0) is 18.0. The van der Waals surface area contributed by atoms with Crippen molar-refractivity contribution >= 4 is 56.9 Å². The summed E-state index contributed by atoms with van der Waals surface area (Å²) >= 11 is 11.0. The number of azo groups is 1. The highest BCUT2D eigenvalue weighted by Crippen LogP contribution is 2.35. The number of hydrogen-bond acceptors (Lipinski definition) is 5. The zero-order valence-corrected chi connectivity index (χ0v) is 14.0. The van der Waals surface area contributed by atoms with Crippen molar-refractivity contribution in [2.24, 2.45) is 10.2 Å². The molecule has 0 radical (unpaired) electrons. The number of para-hydroxylation sites is 1. The molecule has 0 unspecified atom stereocenters. The van der Waals surface area contributed by atoms with Crippen LogP contribution in [0, 0.1) is 10.1 Å². The molecule has 25 heavy (non-hydrogen) atoms. The van der Waals surface area contributed by atoms with Gasteiger partial charge in [0.25, 0.3) is 5.69 Å². The van der Waals surface area contributed by atoms with Crippen LogP contribution in [0.4, 0.5) is 17.1 Å². The summed E-state index contributed by atoms with van der Waals surface area (Å²) in [6.07, 6.45) is 0. The van der Waals surface area contributed by atoms with Gasteiger partial charge in [-0.05, 0) is 24.4 Å². The number of nitrogens with one attached hydrogen (secondary N) is 2. The fraction of sp³-hybridized carbons (Fsp3) is 0. The van der Waals surface area contributed by atoms with E-state index in [0.29, 0.717) is 10.9 Å². The number of non-ortho nitro benzene ring substituents is 1. The number of thiocarbonyl (C=S) groups is 1. The molecule has 2 aromatic carbocycles. The Labute approximate surface area is 151 Å². The molecule has 126 valence electrons. The molecule has 8 nitrogen and oxygen atoms in total. The number of aromatic hydroxyl groups is 1. The molecule has 10 heteroatoms. The first kappa shape index (κ1) is 16.8. The van der Waals surface area contributed by atoms with Crippen molar-refractivity contribution in [1.29, 1.82) is 0 Å². The number of nitrogens with zero attached hydrogens (tertiary/aromatic N) is 3. The topological polar surface area (TPSA) is 116 Å². The number of nitro groups is 1. The number of aromatic nitrogens is 1. The Morgan fingerprint density at radius 2 is 2.08 bits per heavy atom. The molecular weight excluding hydrogens is 366 g/mol. The first-order valence-corrected chi connectivity index (χ1v) is 7.70. The number of halogens is 1. The van der Waals surface area contributed by atoms with Gasteiger partial charge in [-0.15, -0.1) is 10.2 Å². The Kier molecular flexibility index (Phi) is 4.59. The van der Waals surface area contributed by atoms with Crippen molar-refractivity contribution in [1.82, 2.24) is 4.98 Å². The van der Waals surface area contributed by atoms with E-state index in [1.807, 2.05) is 6.07 Å². The molecule has 0 saturated heterocycles. The lowest BCUT2D eigenvalue weighted by Crippen LogP contribution is -2.06. The van der Waals surface area contributed by atoms with Crippen LogP contribution in [-0.4, -0.2) is 20.1 Å². The molecule has 0 aliphatic heterocycles. The second-order valence-electron chi connectivity index (χ2n) is 4.92. The number of fused-ring (bicyclic) bond motifs is 1. The largest absolute Gasteiger partial charge is 0.493 e. The standard InChI is InChI=1S/C15H10ClN5O3S/c16-10-6-5-8(21(23)24)7-12(10)18-15(25)20-19-13-9-3-1-2-4-11(9)17-14(13)22/h1-7,17,22H,(H,18,25). The maximum absolute atomic E-state index is 10.8. The van der Waals surface area contributed by atoms with E-state index >= 15 is 0 Å². The van der Waals surface area contributed by atoms with Crippen molar-refractivity contribution in [2.75, 3.05) is 5.32 Å². The van der Waals surface area contributed by atoms with Crippen LogP contribution < -0.4 is 5.32 Å². The molecule has 3 N–H and O–H groups in total. The van der Waals surface area contributed by atoms with Gasteiger partial charge in [-0.25, -0.2) is 0 Å². The summed E-state index contributed by atoms with van der Waals surface area (Å²) in [4.78, 5) is 13.0. The van der Waals surface area contributed by atoms with Gasteiger partial charge in [-0.2, -0.15) is 0 Å². The SMILES string of the molecule is O=[N+]([O-])c1ccc(Cl)c(NC(=S)N=Nc2c(O)[nH]c3ccccc23)c1. The third-order valence-corrected chi connectivity index (χ3v) is 3.82. The van der Waals surface area contributed by atoms with Crippen molar-refractivity contribution in [3.63, 3.8) is 0 Å². The quantitative estimate of drug-likeness (QED) is 0.260. The summed E-state index contributed by atoms with van der Waals surface area (Å²) in [6, 6.07) is 11.1. The summed E-state index contributed by atoms with van der Waals surface area (Å²) in [5, 5.41) is 32.0. The Morgan fingerprint density at radius 3 is 2.84 bits per heavy atom. The van der Waals surface area contributed by atoms with E-state index in [9.17, 15) is 15.2 Å². The first-order valence-electron chi connectivity index (χ1n) is 6.92. The van der Waals surface area contributed by atoms with Gasteiger partial charge < -0.3 is 15.4 Å². The summed E-state index contributed by atoms with van der Waals surface area (Å²) in [6.45, 7) is 0. The van der Waals surface area contributed by atoms with Gasteiger partial charge >= 0.3 is 0 Å². The fourth-order valence-corrected chi connectivity index (χ4v) is 2.49. The van der Waals surface area contributed by atoms with Gasteiger partial charge in [0.2, 0.25) is 11.0 Å². The normalized spacial score (nSPS) is 11.1. The number of aromatic amines is 1. The van der Waals surface area contributed by atoms with Crippen molar-refractivity contribution < 1.29 is 10.0 Å². The van der Waals surface area contributed by atoms with Crippen molar-refractivity contribution in [3.8, 4) is 5.88 Å². The summed E-state index contributed by atoms with van der Waals surface area (Å²) in [7, 11) is 0. The monoisotopic (exact) mass is 375 g/mol. The smallest absolute Gasteiger partial charge is 0.271 e. The predicted octanol–water partition coefficient (Wildman–Crippen LogP) is 4.92. The van der Waals surface area contributed by atoms with E-state index in [2.05, 4.69) is 20.5 Å². The van der Waals surface area contributed by atoms with E-state index in [-0.39, 0.29) is 33.1 Å². The zero-order valence-electron chi connectivity index (χ0n) is 12.4. The second kappa shape index (κ2) is 6.83. The van der Waals surface area contributed by atoms with Crippen LogP contribution in [0.5, 0.6) is 5.88 Å². The van der Waals surface area contributed by atoms with Crippen LogP contribution in [-0.2, 0) is 0 Å². The van der Waals surface area contributed by atoms with Gasteiger partial charge in [-0.3, -0.25) is 10.1 Å².